The standard InChI is InChI=1S/C46H34O4/c1-6-42(47)49-36-16-12-27-20-31(10-8-29(27)24-36)40-26-41(32-11-9-30-25-37(50-43(48)7-2)17-13-28(30)21-32)39-19-15-34-23-35(46(3,4)5)22-33-14-18-38(40)45(39)44(33)34/h6-26H,1-2H2,3-5H3. The van der Waals surface area contributed by atoms with E-state index in [4.69, 9.17) is 9.47 Å². The van der Waals surface area contributed by atoms with Crippen molar-refractivity contribution >= 4 is 65.8 Å². The van der Waals surface area contributed by atoms with Crippen molar-refractivity contribution in [1.29, 1.82) is 0 Å². The van der Waals surface area contributed by atoms with Crippen molar-refractivity contribution in [1.82, 2.24) is 0 Å². The molecule has 8 rings (SSSR count). The Morgan fingerprint density at radius 3 is 1.36 bits per heavy atom. The van der Waals surface area contributed by atoms with Gasteiger partial charge in [-0.25, -0.2) is 9.59 Å². The van der Waals surface area contributed by atoms with E-state index in [0.29, 0.717) is 11.5 Å². The summed E-state index contributed by atoms with van der Waals surface area (Å²) in [7, 11) is 0. The highest BCUT2D eigenvalue weighted by molar-refractivity contribution is 6.28. The molecular formula is C46H34O4. The number of carbonyl (C=O) groups excluding carboxylic acids is 2. The van der Waals surface area contributed by atoms with Crippen LogP contribution in [0.2, 0.25) is 0 Å². The zero-order chi connectivity index (χ0) is 34.7. The monoisotopic (exact) mass is 650 g/mol. The number of fused-ring (bicyclic) bond motifs is 2. The Balaban J connectivity index is 1.36. The molecule has 4 heteroatoms. The minimum absolute atomic E-state index is 0.0186. The molecule has 8 aromatic rings. The van der Waals surface area contributed by atoms with Crippen LogP contribution in [-0.4, -0.2) is 11.9 Å². The highest BCUT2D eigenvalue weighted by Crippen LogP contribution is 2.46. The molecule has 0 aliphatic rings. The van der Waals surface area contributed by atoms with Crippen LogP contribution in [0.3, 0.4) is 0 Å². The molecule has 0 unspecified atom stereocenters. The molecule has 0 fully saturated rings. The van der Waals surface area contributed by atoms with Crippen molar-refractivity contribution in [3.63, 3.8) is 0 Å². The van der Waals surface area contributed by atoms with E-state index in [2.05, 4.69) is 113 Å². The average molecular weight is 651 g/mol. The molecule has 0 heterocycles. The summed E-state index contributed by atoms with van der Waals surface area (Å²) in [5, 5.41) is 11.4. The average Bonchev–Trinajstić information content (AvgIpc) is 3.12. The Kier molecular flexibility index (Phi) is 7.27. The normalized spacial score (nSPS) is 11.8. The summed E-state index contributed by atoms with van der Waals surface area (Å²) in [6, 6.07) is 40.2. The van der Waals surface area contributed by atoms with E-state index >= 15 is 0 Å². The summed E-state index contributed by atoms with van der Waals surface area (Å²) < 4.78 is 10.8. The third-order valence-corrected chi connectivity index (χ3v) is 9.60. The van der Waals surface area contributed by atoms with Gasteiger partial charge in [-0.2, -0.15) is 0 Å². The van der Waals surface area contributed by atoms with Gasteiger partial charge in [0, 0.05) is 12.2 Å². The number of esters is 2. The SMILES string of the molecule is C=CC(=O)Oc1ccc2cc(-c3cc(-c4ccc5cc(OC(=O)C=C)ccc5c4)c4ccc5cc(C(C)(C)C)cc6ccc3c4c65)ccc2c1. The first-order valence-electron chi connectivity index (χ1n) is 16.6. The van der Waals surface area contributed by atoms with Crippen molar-refractivity contribution in [2.75, 3.05) is 0 Å². The molecular weight excluding hydrogens is 617 g/mol. The fraction of sp³-hybridized carbons (Fsp3) is 0.0870. The van der Waals surface area contributed by atoms with E-state index in [0.717, 1.165) is 56.0 Å². The molecule has 8 aromatic carbocycles. The van der Waals surface area contributed by atoms with Crippen LogP contribution in [0.4, 0.5) is 0 Å². The first-order valence-corrected chi connectivity index (χ1v) is 16.6. The summed E-state index contributed by atoms with van der Waals surface area (Å²) in [6.45, 7) is 13.8. The largest absolute Gasteiger partial charge is 0.423 e. The van der Waals surface area contributed by atoms with Crippen molar-refractivity contribution in [3.05, 3.63) is 146 Å². The number of hydrogen-bond donors (Lipinski definition) is 0. The molecule has 0 aliphatic carbocycles. The van der Waals surface area contributed by atoms with Gasteiger partial charge in [-0.15, -0.1) is 0 Å². The van der Waals surface area contributed by atoms with E-state index in [1.165, 1.54) is 37.9 Å². The number of benzene rings is 8. The summed E-state index contributed by atoms with van der Waals surface area (Å²) in [6.07, 6.45) is 2.33. The summed E-state index contributed by atoms with van der Waals surface area (Å²) >= 11 is 0. The number of hydrogen-bond acceptors (Lipinski definition) is 4. The van der Waals surface area contributed by atoms with Gasteiger partial charge in [0.1, 0.15) is 11.5 Å². The molecule has 0 radical (unpaired) electrons. The number of carbonyl (C=O) groups is 2. The molecule has 0 aromatic heterocycles. The minimum atomic E-state index is -0.484. The van der Waals surface area contributed by atoms with Crippen LogP contribution in [0.25, 0.3) is 76.1 Å². The highest BCUT2D eigenvalue weighted by Gasteiger charge is 2.20. The van der Waals surface area contributed by atoms with Gasteiger partial charge in [-0.1, -0.05) is 107 Å². The zero-order valence-electron chi connectivity index (χ0n) is 28.2. The minimum Gasteiger partial charge on any atom is -0.423 e. The van der Waals surface area contributed by atoms with Gasteiger partial charge in [-0.3, -0.25) is 0 Å². The third-order valence-electron chi connectivity index (χ3n) is 9.60. The topological polar surface area (TPSA) is 52.6 Å². The van der Waals surface area contributed by atoms with Crippen LogP contribution in [0.15, 0.2) is 141 Å². The highest BCUT2D eigenvalue weighted by atomic mass is 16.5. The molecule has 0 saturated carbocycles. The van der Waals surface area contributed by atoms with Gasteiger partial charge in [0.25, 0.3) is 0 Å². The van der Waals surface area contributed by atoms with E-state index in [9.17, 15) is 9.59 Å². The van der Waals surface area contributed by atoms with Crippen molar-refractivity contribution in [2.45, 2.75) is 26.2 Å². The first-order chi connectivity index (χ1) is 24.1. The molecule has 0 N–H and O–H groups in total. The molecule has 0 amide bonds. The summed E-state index contributed by atoms with van der Waals surface area (Å²) in [4.78, 5) is 23.6. The smallest absolute Gasteiger partial charge is 0.335 e. The van der Waals surface area contributed by atoms with Crippen molar-refractivity contribution in [3.8, 4) is 33.8 Å². The lowest BCUT2D eigenvalue weighted by Gasteiger charge is -2.23. The Morgan fingerprint density at radius 2 is 0.920 bits per heavy atom. The summed E-state index contributed by atoms with van der Waals surface area (Å²) in [5.74, 6) is -0.00165. The Morgan fingerprint density at radius 1 is 0.500 bits per heavy atom. The predicted octanol–water partition coefficient (Wildman–Crippen LogP) is 11.7. The number of ether oxygens (including phenoxy) is 2. The molecule has 0 bridgehead atoms. The lowest BCUT2D eigenvalue weighted by molar-refractivity contribution is -0.129. The molecule has 242 valence electrons. The van der Waals surface area contributed by atoms with Crippen LogP contribution in [0, 0.1) is 0 Å². The maximum Gasteiger partial charge on any atom is 0.335 e. The first kappa shape index (κ1) is 31.0. The molecule has 4 nitrogen and oxygen atoms in total. The second-order valence-corrected chi connectivity index (χ2v) is 13.8. The van der Waals surface area contributed by atoms with Crippen molar-refractivity contribution < 1.29 is 19.1 Å². The predicted molar refractivity (Wildman–Crippen MR) is 206 cm³/mol. The Hall–Kier alpha value is -6.26. The van der Waals surface area contributed by atoms with Gasteiger partial charge in [0.2, 0.25) is 0 Å². The Labute approximate surface area is 290 Å². The van der Waals surface area contributed by atoms with E-state index < -0.39 is 11.9 Å². The van der Waals surface area contributed by atoms with E-state index in [1.54, 1.807) is 0 Å². The van der Waals surface area contributed by atoms with Gasteiger partial charge < -0.3 is 9.47 Å². The lowest BCUT2D eigenvalue weighted by Crippen LogP contribution is -2.10. The molecule has 0 spiro atoms. The zero-order valence-corrected chi connectivity index (χ0v) is 28.2. The molecule has 0 saturated heterocycles. The maximum atomic E-state index is 11.8. The van der Waals surface area contributed by atoms with Gasteiger partial charge in [0.15, 0.2) is 0 Å². The van der Waals surface area contributed by atoms with Crippen LogP contribution < -0.4 is 9.47 Å². The number of rotatable bonds is 6. The van der Waals surface area contributed by atoms with Crippen molar-refractivity contribution in [2.24, 2.45) is 0 Å². The van der Waals surface area contributed by atoms with Gasteiger partial charge in [0.05, 0.1) is 0 Å². The van der Waals surface area contributed by atoms with E-state index in [1.807, 2.05) is 36.4 Å². The quantitative estimate of drug-likeness (QED) is 0.0778. The Bertz CT molecular complexity index is 2530. The van der Waals surface area contributed by atoms with Gasteiger partial charge >= 0.3 is 11.9 Å². The van der Waals surface area contributed by atoms with Crippen LogP contribution in [0.5, 0.6) is 11.5 Å². The third kappa shape index (κ3) is 5.36. The lowest BCUT2D eigenvalue weighted by atomic mass is 9.81. The molecule has 0 aliphatic heterocycles. The summed E-state index contributed by atoms with van der Waals surface area (Å²) in [5.41, 5.74) is 5.79. The van der Waals surface area contributed by atoms with Gasteiger partial charge in [-0.05, 0) is 130 Å². The second-order valence-electron chi connectivity index (χ2n) is 13.8. The van der Waals surface area contributed by atoms with E-state index in [-0.39, 0.29) is 5.41 Å². The second kappa shape index (κ2) is 11.7. The fourth-order valence-electron chi connectivity index (χ4n) is 7.05. The molecule has 0 atom stereocenters. The fourth-order valence-corrected chi connectivity index (χ4v) is 7.05. The maximum absolute atomic E-state index is 11.8. The molecule has 50 heavy (non-hydrogen) atoms. The van der Waals surface area contributed by atoms with Crippen LogP contribution in [0.1, 0.15) is 26.3 Å². The van der Waals surface area contributed by atoms with Crippen LogP contribution in [-0.2, 0) is 15.0 Å². The van der Waals surface area contributed by atoms with Crippen LogP contribution >= 0.6 is 0 Å².